The van der Waals surface area contributed by atoms with E-state index in [4.69, 9.17) is 0 Å². The Balaban J connectivity index is 2.11. The zero-order chi connectivity index (χ0) is 12.2. The monoisotopic (exact) mass is 256 g/mol. The van der Waals surface area contributed by atoms with Gasteiger partial charge in [-0.1, -0.05) is 38.5 Å². The zero-order valence-electron chi connectivity index (χ0n) is 11.2. The molecule has 100 valence electrons. The maximum atomic E-state index is 11.6. The Morgan fingerprint density at radius 1 is 0.588 bits per heavy atom. The molecule has 1 saturated heterocycles. The number of hydrogen-bond donors (Lipinski definition) is 0. The van der Waals surface area contributed by atoms with E-state index in [0.29, 0.717) is 5.78 Å². The van der Waals surface area contributed by atoms with Gasteiger partial charge in [0.15, 0.2) is 0 Å². The molecule has 0 aromatic heterocycles. The van der Waals surface area contributed by atoms with Crippen LogP contribution in [0.5, 0.6) is 0 Å². The molecule has 1 rings (SSSR count). The Kier molecular flexibility index (Phi) is 9.87. The minimum atomic E-state index is 0.507. The van der Waals surface area contributed by atoms with E-state index in [1.807, 2.05) is 0 Å². The summed E-state index contributed by atoms with van der Waals surface area (Å²) < 4.78 is 0. The molecular weight excluding hydrogens is 228 g/mol. The van der Waals surface area contributed by atoms with Gasteiger partial charge in [0.05, 0.1) is 0 Å². The van der Waals surface area contributed by atoms with Crippen LogP contribution >= 0.6 is 11.8 Å². The van der Waals surface area contributed by atoms with Gasteiger partial charge in [-0.3, -0.25) is 4.79 Å². The molecule has 0 aromatic carbocycles. The van der Waals surface area contributed by atoms with E-state index in [1.54, 1.807) is 0 Å². The molecule has 0 saturated carbocycles. The van der Waals surface area contributed by atoms with Crippen molar-refractivity contribution in [1.29, 1.82) is 0 Å². The first-order valence-electron chi connectivity index (χ1n) is 7.49. The third-order valence-corrected chi connectivity index (χ3v) is 4.64. The van der Waals surface area contributed by atoms with Crippen LogP contribution in [0.3, 0.4) is 0 Å². The summed E-state index contributed by atoms with van der Waals surface area (Å²) >= 11 is 2.14. The van der Waals surface area contributed by atoms with Crippen molar-refractivity contribution in [3.8, 4) is 0 Å². The van der Waals surface area contributed by atoms with Crippen molar-refractivity contribution in [2.45, 2.75) is 77.0 Å². The highest BCUT2D eigenvalue weighted by atomic mass is 32.2. The number of carbonyl (C=O) groups is 1. The average Bonchev–Trinajstić information content (AvgIpc) is 2.32. The van der Waals surface area contributed by atoms with Crippen LogP contribution < -0.4 is 0 Å². The van der Waals surface area contributed by atoms with Crippen molar-refractivity contribution >= 4 is 17.5 Å². The minimum absolute atomic E-state index is 0.507. The lowest BCUT2D eigenvalue weighted by Crippen LogP contribution is -1.98. The van der Waals surface area contributed by atoms with Crippen molar-refractivity contribution in [2.24, 2.45) is 0 Å². The first-order valence-corrected chi connectivity index (χ1v) is 8.64. The Morgan fingerprint density at radius 3 is 1.53 bits per heavy atom. The molecule has 0 amide bonds. The summed E-state index contributed by atoms with van der Waals surface area (Å²) in [6.45, 7) is 0. The lowest BCUT2D eigenvalue weighted by Gasteiger charge is -2.05. The molecule has 17 heavy (non-hydrogen) atoms. The third-order valence-electron chi connectivity index (χ3n) is 3.49. The van der Waals surface area contributed by atoms with Crippen molar-refractivity contribution in [3.05, 3.63) is 0 Å². The van der Waals surface area contributed by atoms with Crippen molar-refractivity contribution < 1.29 is 4.79 Å². The van der Waals surface area contributed by atoms with E-state index < -0.39 is 0 Å². The minimum Gasteiger partial charge on any atom is -0.300 e. The molecule has 0 aliphatic carbocycles. The lowest BCUT2D eigenvalue weighted by molar-refractivity contribution is -0.119. The standard InChI is InChI=1S/C15H28OS/c16-15-11-7-3-1-5-9-13-17-14-10-6-2-4-8-12-15/h1-14H2. The van der Waals surface area contributed by atoms with Crippen LogP contribution in [0.1, 0.15) is 77.0 Å². The fourth-order valence-corrected chi connectivity index (χ4v) is 3.36. The predicted molar refractivity (Wildman–Crippen MR) is 77.7 cm³/mol. The number of thioether (sulfide) groups is 1. The molecule has 0 aromatic rings. The van der Waals surface area contributed by atoms with Crippen LogP contribution in [0.25, 0.3) is 0 Å². The largest absolute Gasteiger partial charge is 0.300 e. The predicted octanol–water partition coefficient (Wildman–Crippen LogP) is 4.98. The van der Waals surface area contributed by atoms with Crippen molar-refractivity contribution in [3.63, 3.8) is 0 Å². The second-order valence-electron chi connectivity index (χ2n) is 5.19. The average molecular weight is 256 g/mol. The highest BCUT2D eigenvalue weighted by Gasteiger charge is 2.02. The van der Waals surface area contributed by atoms with Crippen LogP contribution in [0.15, 0.2) is 0 Å². The molecule has 1 aliphatic rings. The van der Waals surface area contributed by atoms with Crippen LogP contribution in [0.4, 0.5) is 0 Å². The van der Waals surface area contributed by atoms with Gasteiger partial charge in [0.1, 0.15) is 5.78 Å². The quantitative estimate of drug-likeness (QED) is 0.608. The maximum absolute atomic E-state index is 11.6. The molecule has 0 N–H and O–H groups in total. The number of carbonyl (C=O) groups excluding carboxylic acids is 1. The summed E-state index contributed by atoms with van der Waals surface area (Å²) in [7, 11) is 0. The first kappa shape index (κ1) is 15.1. The fraction of sp³-hybridized carbons (Fsp3) is 0.933. The summed E-state index contributed by atoms with van der Waals surface area (Å²) in [5.41, 5.74) is 0. The van der Waals surface area contributed by atoms with Gasteiger partial charge >= 0.3 is 0 Å². The summed E-state index contributed by atoms with van der Waals surface area (Å²) in [5.74, 6) is 3.20. The molecular formula is C15H28OS. The van der Waals surface area contributed by atoms with Crippen LogP contribution in [-0.2, 0) is 4.79 Å². The maximum Gasteiger partial charge on any atom is 0.132 e. The second kappa shape index (κ2) is 11.1. The first-order chi connectivity index (χ1) is 8.39. The SMILES string of the molecule is O=C1CCCCCCCSCCCCCCC1. The highest BCUT2D eigenvalue weighted by Crippen LogP contribution is 2.15. The summed E-state index contributed by atoms with van der Waals surface area (Å²) in [6.07, 6.45) is 14.6. The smallest absolute Gasteiger partial charge is 0.132 e. The summed E-state index contributed by atoms with van der Waals surface area (Å²) in [5, 5.41) is 0. The van der Waals surface area contributed by atoms with Crippen LogP contribution in [0, 0.1) is 0 Å². The molecule has 0 unspecified atom stereocenters. The Bertz CT molecular complexity index is 173. The van der Waals surface area contributed by atoms with Crippen LogP contribution in [0.2, 0.25) is 0 Å². The van der Waals surface area contributed by atoms with Gasteiger partial charge in [0.2, 0.25) is 0 Å². The van der Waals surface area contributed by atoms with E-state index in [1.165, 1.54) is 62.9 Å². The van der Waals surface area contributed by atoms with Gasteiger partial charge in [0.25, 0.3) is 0 Å². The van der Waals surface area contributed by atoms with E-state index in [0.717, 1.165) is 25.7 Å². The summed E-state index contributed by atoms with van der Waals surface area (Å²) in [6, 6.07) is 0. The topological polar surface area (TPSA) is 17.1 Å². The van der Waals surface area contributed by atoms with Gasteiger partial charge in [0, 0.05) is 12.8 Å². The number of ketones is 1. The van der Waals surface area contributed by atoms with E-state index in [-0.39, 0.29) is 0 Å². The third kappa shape index (κ3) is 9.70. The van der Waals surface area contributed by atoms with Gasteiger partial charge in [-0.2, -0.15) is 11.8 Å². The Morgan fingerprint density at radius 2 is 1.00 bits per heavy atom. The van der Waals surface area contributed by atoms with Gasteiger partial charge in [-0.25, -0.2) is 0 Å². The number of hydrogen-bond acceptors (Lipinski definition) is 2. The van der Waals surface area contributed by atoms with E-state index in [9.17, 15) is 4.79 Å². The fourth-order valence-electron chi connectivity index (χ4n) is 2.34. The second-order valence-corrected chi connectivity index (χ2v) is 6.41. The molecule has 0 radical (unpaired) electrons. The Hall–Kier alpha value is 0.0200. The zero-order valence-corrected chi connectivity index (χ0v) is 12.0. The molecule has 0 bridgehead atoms. The molecule has 0 atom stereocenters. The van der Waals surface area contributed by atoms with Gasteiger partial charge in [-0.05, 0) is 37.2 Å². The molecule has 2 heteroatoms. The van der Waals surface area contributed by atoms with Gasteiger partial charge < -0.3 is 0 Å². The molecule has 1 fully saturated rings. The molecule has 1 nitrogen and oxygen atoms in total. The van der Waals surface area contributed by atoms with E-state index >= 15 is 0 Å². The Labute approximate surface area is 111 Å². The number of rotatable bonds is 0. The van der Waals surface area contributed by atoms with E-state index in [2.05, 4.69) is 11.8 Å². The molecule has 1 aliphatic heterocycles. The number of Topliss-reactive ketones (excluding diaryl/α,β-unsaturated/α-hetero) is 1. The van der Waals surface area contributed by atoms with Crippen LogP contribution in [-0.4, -0.2) is 17.3 Å². The van der Waals surface area contributed by atoms with Gasteiger partial charge in [-0.15, -0.1) is 0 Å². The normalized spacial score (nSPS) is 23.4. The van der Waals surface area contributed by atoms with Crippen molar-refractivity contribution in [1.82, 2.24) is 0 Å². The molecule has 1 heterocycles. The molecule has 0 spiro atoms. The lowest BCUT2D eigenvalue weighted by atomic mass is 10.0. The van der Waals surface area contributed by atoms with Crippen molar-refractivity contribution in [2.75, 3.05) is 11.5 Å². The summed E-state index contributed by atoms with van der Waals surface area (Å²) in [4.78, 5) is 11.6. The highest BCUT2D eigenvalue weighted by molar-refractivity contribution is 7.99.